The van der Waals surface area contributed by atoms with E-state index in [1.165, 1.54) is 19.9 Å². The molecule has 134 valence electrons. The number of aromatic nitrogens is 1. The quantitative estimate of drug-likeness (QED) is 0.760. The molecule has 0 amide bonds. The Morgan fingerprint density at radius 3 is 2.32 bits per heavy atom. The van der Waals surface area contributed by atoms with E-state index in [9.17, 15) is 10.2 Å². The summed E-state index contributed by atoms with van der Waals surface area (Å²) in [7, 11) is 0. The molecule has 4 nitrogen and oxygen atoms in total. The van der Waals surface area contributed by atoms with Crippen molar-refractivity contribution in [1.82, 2.24) is 4.98 Å². The minimum absolute atomic E-state index is 0.00295. The van der Waals surface area contributed by atoms with Gasteiger partial charge in [0.05, 0.1) is 11.3 Å². The molecule has 1 unspecified atom stereocenters. The van der Waals surface area contributed by atoms with Crippen LogP contribution in [0.2, 0.25) is 5.02 Å². The Morgan fingerprint density at radius 1 is 1.24 bits per heavy atom. The van der Waals surface area contributed by atoms with Crippen molar-refractivity contribution in [3.63, 3.8) is 0 Å². The average molecular weight is 365 g/mol. The number of hydrogen-bond donors (Lipinski definition) is 3. The van der Waals surface area contributed by atoms with Crippen LogP contribution in [0.3, 0.4) is 0 Å². The van der Waals surface area contributed by atoms with Crippen molar-refractivity contribution in [1.29, 1.82) is 0 Å². The van der Waals surface area contributed by atoms with Crippen LogP contribution in [0.15, 0.2) is 30.3 Å². The highest BCUT2D eigenvalue weighted by atomic mass is 35.5. The average Bonchev–Trinajstić information content (AvgIpc) is 3.39. The standard InChI is InChI=1S/C19H22ClFN2O2/c1-18(2,24)14-9-15(19(25,10-22)12-5-6-12)23-17(16(14)21)11-3-7-13(20)8-4-11/h3-4,7-9,12,24-25H,5-6,10,22H2,1-2H3. The van der Waals surface area contributed by atoms with E-state index in [-0.39, 0.29) is 23.7 Å². The highest BCUT2D eigenvalue weighted by Gasteiger charge is 2.46. The van der Waals surface area contributed by atoms with Gasteiger partial charge in [-0.2, -0.15) is 0 Å². The molecular formula is C19H22ClFN2O2. The molecule has 0 spiro atoms. The molecule has 1 aromatic carbocycles. The number of pyridine rings is 1. The van der Waals surface area contributed by atoms with Crippen LogP contribution >= 0.6 is 11.6 Å². The van der Waals surface area contributed by atoms with Gasteiger partial charge in [-0.25, -0.2) is 9.37 Å². The highest BCUT2D eigenvalue weighted by molar-refractivity contribution is 6.30. The van der Waals surface area contributed by atoms with Crippen LogP contribution in [0, 0.1) is 11.7 Å². The summed E-state index contributed by atoms with van der Waals surface area (Å²) in [6.45, 7) is 2.99. The van der Waals surface area contributed by atoms with Gasteiger partial charge in [-0.3, -0.25) is 0 Å². The number of hydrogen-bond acceptors (Lipinski definition) is 4. The molecule has 1 aliphatic rings. The van der Waals surface area contributed by atoms with Crippen LogP contribution in [0.1, 0.15) is 37.9 Å². The Balaban J connectivity index is 2.23. The first-order valence-corrected chi connectivity index (χ1v) is 8.67. The Bertz CT molecular complexity index is 785. The summed E-state index contributed by atoms with van der Waals surface area (Å²) >= 11 is 5.91. The van der Waals surface area contributed by atoms with Gasteiger partial charge in [0.2, 0.25) is 0 Å². The Hall–Kier alpha value is -1.53. The van der Waals surface area contributed by atoms with Crippen LogP contribution in [-0.2, 0) is 11.2 Å². The lowest BCUT2D eigenvalue weighted by atomic mass is 9.88. The molecule has 1 aromatic heterocycles. The van der Waals surface area contributed by atoms with Crippen molar-refractivity contribution in [2.24, 2.45) is 11.7 Å². The van der Waals surface area contributed by atoms with Gasteiger partial charge < -0.3 is 15.9 Å². The SMILES string of the molecule is CC(C)(O)c1cc(C(O)(CN)C2CC2)nc(-c2ccc(Cl)cc2)c1F. The van der Waals surface area contributed by atoms with Gasteiger partial charge in [-0.1, -0.05) is 23.7 Å². The molecule has 0 aliphatic heterocycles. The van der Waals surface area contributed by atoms with Gasteiger partial charge in [0.1, 0.15) is 11.3 Å². The molecule has 1 fully saturated rings. The van der Waals surface area contributed by atoms with Gasteiger partial charge in [0, 0.05) is 22.7 Å². The molecule has 6 heteroatoms. The highest BCUT2D eigenvalue weighted by Crippen LogP contribution is 2.46. The monoisotopic (exact) mass is 364 g/mol. The maximum atomic E-state index is 15.1. The molecule has 2 aromatic rings. The van der Waals surface area contributed by atoms with Crippen LogP contribution < -0.4 is 5.73 Å². The lowest BCUT2D eigenvalue weighted by Gasteiger charge is -2.29. The van der Waals surface area contributed by atoms with Gasteiger partial charge in [0.25, 0.3) is 0 Å². The molecular weight excluding hydrogens is 343 g/mol. The van der Waals surface area contributed by atoms with Crippen LogP contribution in [-0.4, -0.2) is 21.7 Å². The maximum Gasteiger partial charge on any atom is 0.155 e. The second-order valence-electron chi connectivity index (χ2n) is 7.19. The molecule has 1 aliphatic carbocycles. The normalized spacial score (nSPS) is 17.4. The summed E-state index contributed by atoms with van der Waals surface area (Å²) in [5.74, 6) is -0.614. The Morgan fingerprint density at radius 2 is 1.84 bits per heavy atom. The predicted molar refractivity (Wildman–Crippen MR) is 95.6 cm³/mol. The van der Waals surface area contributed by atoms with E-state index in [4.69, 9.17) is 17.3 Å². The van der Waals surface area contributed by atoms with Crippen molar-refractivity contribution >= 4 is 11.6 Å². The van der Waals surface area contributed by atoms with E-state index in [1.807, 2.05) is 0 Å². The summed E-state index contributed by atoms with van der Waals surface area (Å²) in [4.78, 5) is 4.39. The number of halogens is 2. The number of nitrogens with zero attached hydrogens (tertiary/aromatic N) is 1. The molecule has 4 N–H and O–H groups in total. The summed E-state index contributed by atoms with van der Waals surface area (Å²) < 4.78 is 15.1. The minimum atomic E-state index is -1.43. The predicted octanol–water partition coefficient (Wildman–Crippen LogP) is 3.32. The van der Waals surface area contributed by atoms with Crippen molar-refractivity contribution in [2.45, 2.75) is 37.9 Å². The third-order valence-electron chi connectivity index (χ3n) is 4.74. The largest absolute Gasteiger partial charge is 0.386 e. The third-order valence-corrected chi connectivity index (χ3v) is 4.99. The smallest absolute Gasteiger partial charge is 0.155 e. The summed E-state index contributed by atoms with van der Waals surface area (Å²) in [5.41, 5.74) is 4.03. The van der Waals surface area contributed by atoms with Gasteiger partial charge in [0.15, 0.2) is 5.82 Å². The van der Waals surface area contributed by atoms with Crippen molar-refractivity contribution < 1.29 is 14.6 Å². The second kappa shape index (κ2) is 6.32. The first kappa shape index (κ1) is 18.3. The summed E-state index contributed by atoms with van der Waals surface area (Å²) in [5, 5.41) is 21.9. The lowest BCUT2D eigenvalue weighted by molar-refractivity contribution is 0.0169. The fraction of sp³-hybridized carbons (Fsp3) is 0.421. The topological polar surface area (TPSA) is 79.4 Å². The lowest BCUT2D eigenvalue weighted by Crippen LogP contribution is -2.38. The van der Waals surface area contributed by atoms with Crippen LogP contribution in [0.25, 0.3) is 11.3 Å². The van der Waals surface area contributed by atoms with Gasteiger partial charge in [-0.15, -0.1) is 0 Å². The van der Waals surface area contributed by atoms with E-state index in [2.05, 4.69) is 4.98 Å². The van der Waals surface area contributed by atoms with Gasteiger partial charge in [-0.05, 0) is 50.8 Å². The second-order valence-corrected chi connectivity index (χ2v) is 7.62. The maximum absolute atomic E-state index is 15.1. The van der Waals surface area contributed by atoms with E-state index < -0.39 is 17.0 Å². The molecule has 1 saturated carbocycles. The number of aliphatic hydroxyl groups is 2. The fourth-order valence-electron chi connectivity index (χ4n) is 3.04. The first-order chi connectivity index (χ1) is 11.7. The molecule has 0 radical (unpaired) electrons. The van der Waals surface area contributed by atoms with Crippen LogP contribution in [0.5, 0.6) is 0 Å². The molecule has 25 heavy (non-hydrogen) atoms. The van der Waals surface area contributed by atoms with Crippen molar-refractivity contribution in [2.75, 3.05) is 6.54 Å². The molecule has 3 rings (SSSR count). The molecule has 0 bridgehead atoms. The first-order valence-electron chi connectivity index (χ1n) is 8.29. The van der Waals surface area contributed by atoms with E-state index >= 15 is 4.39 Å². The van der Waals surface area contributed by atoms with Crippen LogP contribution in [0.4, 0.5) is 4.39 Å². The number of benzene rings is 1. The number of rotatable bonds is 5. The fourth-order valence-corrected chi connectivity index (χ4v) is 3.16. The van der Waals surface area contributed by atoms with E-state index in [0.29, 0.717) is 16.3 Å². The zero-order valence-electron chi connectivity index (χ0n) is 14.3. The van der Waals surface area contributed by atoms with Crippen molar-refractivity contribution in [3.05, 3.63) is 52.4 Å². The minimum Gasteiger partial charge on any atom is -0.386 e. The zero-order valence-corrected chi connectivity index (χ0v) is 15.0. The van der Waals surface area contributed by atoms with Crippen molar-refractivity contribution in [3.8, 4) is 11.3 Å². The number of nitrogens with two attached hydrogens (primary N) is 1. The van der Waals surface area contributed by atoms with E-state index in [0.717, 1.165) is 12.8 Å². The van der Waals surface area contributed by atoms with Gasteiger partial charge >= 0.3 is 0 Å². The molecule has 0 saturated heterocycles. The Kier molecular flexibility index (Phi) is 4.62. The molecule has 1 atom stereocenters. The van der Waals surface area contributed by atoms with E-state index in [1.54, 1.807) is 24.3 Å². The summed E-state index contributed by atoms with van der Waals surface area (Å²) in [6, 6.07) is 8.03. The summed E-state index contributed by atoms with van der Waals surface area (Å²) in [6.07, 6.45) is 1.70. The zero-order chi connectivity index (χ0) is 18.4. The third kappa shape index (κ3) is 3.42. The molecule has 1 heterocycles. The Labute approximate surface area is 151 Å².